The van der Waals surface area contributed by atoms with Gasteiger partial charge < -0.3 is 29.7 Å². The predicted octanol–water partition coefficient (Wildman–Crippen LogP) is 4.85. The fourth-order valence-corrected chi connectivity index (χ4v) is 4.54. The summed E-state index contributed by atoms with van der Waals surface area (Å²) in [5.41, 5.74) is 0.995. The molecule has 1 aliphatic carbocycles. The average Bonchev–Trinajstić information content (AvgIpc) is 2.85. The number of urea groups is 1. The molecule has 37 heavy (non-hydrogen) atoms. The first-order valence-corrected chi connectivity index (χ1v) is 12.4. The van der Waals surface area contributed by atoms with Gasteiger partial charge >= 0.3 is 12.4 Å². The molecule has 1 saturated heterocycles. The minimum atomic E-state index is -4.81. The Kier molecular flexibility index (Phi) is 8.57. The summed E-state index contributed by atoms with van der Waals surface area (Å²) >= 11 is 0. The number of alkyl halides is 3. The Balaban J connectivity index is 1.28. The number of carbonyl (C=O) groups is 1. The van der Waals surface area contributed by atoms with Crippen LogP contribution in [0.2, 0.25) is 0 Å². The summed E-state index contributed by atoms with van der Waals surface area (Å²) in [4.78, 5) is 23.4. The van der Waals surface area contributed by atoms with Crippen LogP contribution in [0.1, 0.15) is 51.0 Å². The van der Waals surface area contributed by atoms with E-state index in [1.165, 1.54) is 24.5 Å². The number of halogens is 3. The van der Waals surface area contributed by atoms with Crippen LogP contribution >= 0.6 is 0 Å². The molecule has 0 unspecified atom stereocenters. The Morgan fingerprint density at radius 2 is 1.84 bits per heavy atom. The summed E-state index contributed by atoms with van der Waals surface area (Å²) in [6, 6.07) is 5.26. The maximum absolute atomic E-state index is 12.7. The summed E-state index contributed by atoms with van der Waals surface area (Å²) in [6.45, 7) is 6.66. The number of hydrogen-bond acceptors (Lipinski definition) is 7. The van der Waals surface area contributed by atoms with Gasteiger partial charge in [-0.3, -0.25) is 0 Å². The first-order valence-electron chi connectivity index (χ1n) is 12.4. The van der Waals surface area contributed by atoms with E-state index in [1.807, 2.05) is 19.9 Å². The molecule has 0 spiro atoms. The molecule has 202 valence electrons. The van der Waals surface area contributed by atoms with Gasteiger partial charge in [-0.1, -0.05) is 19.9 Å². The van der Waals surface area contributed by atoms with Crippen molar-refractivity contribution in [1.82, 2.24) is 15.3 Å². The van der Waals surface area contributed by atoms with E-state index in [9.17, 15) is 18.0 Å². The topological polar surface area (TPSA) is 97.8 Å². The van der Waals surface area contributed by atoms with Crippen molar-refractivity contribution in [1.29, 1.82) is 0 Å². The van der Waals surface area contributed by atoms with Crippen LogP contribution in [-0.4, -0.2) is 60.8 Å². The largest absolute Gasteiger partial charge is 0.573 e. The fourth-order valence-electron chi connectivity index (χ4n) is 4.54. The van der Waals surface area contributed by atoms with Crippen molar-refractivity contribution < 1.29 is 32.2 Å². The highest BCUT2D eigenvalue weighted by atomic mass is 19.4. The van der Waals surface area contributed by atoms with E-state index in [-0.39, 0.29) is 29.5 Å². The number of rotatable bonds is 7. The van der Waals surface area contributed by atoms with Crippen molar-refractivity contribution in [3.63, 3.8) is 0 Å². The standard InChI is InChI=1S/C25H32F3N5O4/c1-16(2)20-8-7-19(37-25(26,27)28)13-21(20)32-24(34)31-17-3-5-18(6-4-17)36-23-14-22(29-15-30-23)33-9-11-35-12-10-33/h7-8,13-18H,3-6,9-12H2,1-2H3,(H2,31,32,34). The molecule has 2 N–H and O–H groups in total. The second-order valence-corrected chi connectivity index (χ2v) is 9.46. The molecule has 0 atom stereocenters. The van der Waals surface area contributed by atoms with E-state index in [2.05, 4.69) is 30.2 Å². The van der Waals surface area contributed by atoms with Crippen molar-refractivity contribution in [2.75, 3.05) is 36.5 Å². The highest BCUT2D eigenvalue weighted by Crippen LogP contribution is 2.32. The normalized spacial score (nSPS) is 20.4. The zero-order valence-electron chi connectivity index (χ0n) is 20.9. The van der Waals surface area contributed by atoms with Gasteiger partial charge in [0.1, 0.15) is 24.0 Å². The summed E-state index contributed by atoms with van der Waals surface area (Å²) in [5.74, 6) is 0.943. The lowest BCUT2D eigenvalue weighted by Crippen LogP contribution is -2.42. The number of aromatic nitrogens is 2. The summed E-state index contributed by atoms with van der Waals surface area (Å²) in [6.07, 6.45) is -0.478. The van der Waals surface area contributed by atoms with E-state index in [0.29, 0.717) is 37.5 Å². The molecule has 1 aromatic heterocycles. The minimum Gasteiger partial charge on any atom is -0.474 e. The second-order valence-electron chi connectivity index (χ2n) is 9.46. The van der Waals surface area contributed by atoms with Crippen LogP contribution in [0.4, 0.5) is 29.5 Å². The Labute approximate surface area is 213 Å². The van der Waals surface area contributed by atoms with Gasteiger partial charge in [-0.15, -0.1) is 13.2 Å². The second kappa shape index (κ2) is 11.8. The predicted molar refractivity (Wildman–Crippen MR) is 131 cm³/mol. The molecule has 2 heterocycles. The molecule has 2 fully saturated rings. The van der Waals surface area contributed by atoms with Crippen LogP contribution in [0, 0.1) is 0 Å². The number of morpholine rings is 1. The highest BCUT2D eigenvalue weighted by Gasteiger charge is 2.31. The first-order chi connectivity index (χ1) is 17.7. The maximum atomic E-state index is 12.7. The number of nitrogens with zero attached hydrogens (tertiary/aromatic N) is 3. The average molecular weight is 524 g/mol. The number of anilines is 2. The molecule has 2 aromatic rings. The van der Waals surface area contributed by atoms with Gasteiger partial charge in [-0.2, -0.15) is 0 Å². The number of amides is 2. The fraction of sp³-hybridized carbons (Fsp3) is 0.560. The van der Waals surface area contributed by atoms with Crippen molar-refractivity contribution in [3.8, 4) is 11.6 Å². The smallest absolute Gasteiger partial charge is 0.474 e. The lowest BCUT2D eigenvalue weighted by molar-refractivity contribution is -0.274. The zero-order valence-corrected chi connectivity index (χ0v) is 20.9. The van der Waals surface area contributed by atoms with E-state index in [1.54, 1.807) is 0 Å². The molecular formula is C25H32F3N5O4. The monoisotopic (exact) mass is 523 g/mol. The third kappa shape index (κ3) is 7.85. The van der Waals surface area contributed by atoms with Crippen molar-refractivity contribution in [2.24, 2.45) is 0 Å². The Bertz CT molecular complexity index is 1050. The first kappa shape index (κ1) is 26.8. The number of carbonyl (C=O) groups excluding carboxylic acids is 1. The molecule has 1 saturated carbocycles. The van der Waals surface area contributed by atoms with Crippen LogP contribution in [-0.2, 0) is 4.74 Å². The SMILES string of the molecule is CC(C)c1ccc(OC(F)(F)F)cc1NC(=O)NC1CCC(Oc2cc(N3CCOCC3)ncn2)CC1. The highest BCUT2D eigenvalue weighted by molar-refractivity contribution is 5.90. The maximum Gasteiger partial charge on any atom is 0.573 e. The number of benzene rings is 1. The molecule has 1 aliphatic heterocycles. The Hall–Kier alpha value is -3.28. The van der Waals surface area contributed by atoms with Crippen molar-refractivity contribution in [3.05, 3.63) is 36.2 Å². The van der Waals surface area contributed by atoms with E-state index >= 15 is 0 Å². The molecule has 2 aliphatic rings. The molecule has 2 amide bonds. The van der Waals surface area contributed by atoms with Crippen LogP contribution in [0.15, 0.2) is 30.6 Å². The zero-order chi connectivity index (χ0) is 26.4. The molecule has 12 heteroatoms. The Morgan fingerprint density at radius 1 is 1.11 bits per heavy atom. The van der Waals surface area contributed by atoms with Crippen LogP contribution in [0.5, 0.6) is 11.6 Å². The number of hydrogen-bond donors (Lipinski definition) is 2. The Morgan fingerprint density at radius 3 is 2.51 bits per heavy atom. The van der Waals surface area contributed by atoms with Crippen LogP contribution in [0.25, 0.3) is 0 Å². The van der Waals surface area contributed by atoms with E-state index in [0.717, 1.165) is 31.7 Å². The van der Waals surface area contributed by atoms with Crippen molar-refractivity contribution in [2.45, 2.75) is 64.0 Å². The number of nitrogens with one attached hydrogen (secondary N) is 2. The lowest BCUT2D eigenvalue weighted by atomic mass is 9.93. The quantitative estimate of drug-likeness (QED) is 0.536. The van der Waals surface area contributed by atoms with E-state index < -0.39 is 12.4 Å². The van der Waals surface area contributed by atoms with Crippen molar-refractivity contribution >= 4 is 17.5 Å². The molecule has 1 aromatic carbocycles. The van der Waals surface area contributed by atoms with Gasteiger partial charge in [0.15, 0.2) is 0 Å². The lowest BCUT2D eigenvalue weighted by Gasteiger charge is -2.30. The molecule has 0 radical (unpaired) electrons. The van der Waals surface area contributed by atoms with Gasteiger partial charge in [0.05, 0.1) is 13.2 Å². The van der Waals surface area contributed by atoms with Gasteiger partial charge in [-0.25, -0.2) is 14.8 Å². The molecule has 0 bridgehead atoms. The van der Waals surface area contributed by atoms with Gasteiger partial charge in [-0.05, 0) is 43.2 Å². The minimum absolute atomic E-state index is 0.00613. The summed E-state index contributed by atoms with van der Waals surface area (Å²) < 4.78 is 53.4. The number of ether oxygens (including phenoxy) is 3. The molecule has 4 rings (SSSR count). The molecule has 9 nitrogen and oxygen atoms in total. The van der Waals surface area contributed by atoms with Crippen LogP contribution < -0.4 is 25.0 Å². The van der Waals surface area contributed by atoms with Gasteiger partial charge in [0.2, 0.25) is 5.88 Å². The molecular weight excluding hydrogens is 491 g/mol. The summed E-state index contributed by atoms with van der Waals surface area (Å²) in [7, 11) is 0. The third-order valence-corrected chi connectivity index (χ3v) is 6.39. The van der Waals surface area contributed by atoms with Crippen LogP contribution in [0.3, 0.4) is 0 Å². The van der Waals surface area contributed by atoms with E-state index in [4.69, 9.17) is 9.47 Å². The van der Waals surface area contributed by atoms with Gasteiger partial charge in [0, 0.05) is 37.0 Å². The summed E-state index contributed by atoms with van der Waals surface area (Å²) in [5, 5.41) is 5.62. The van der Waals surface area contributed by atoms with Gasteiger partial charge in [0.25, 0.3) is 0 Å². The third-order valence-electron chi connectivity index (χ3n) is 6.39.